The Bertz CT molecular complexity index is 694. The second-order valence-electron chi connectivity index (χ2n) is 9.18. The SMILES string of the molecule is CCOC(=O)C1=CN2C3C(CCC4CCCCC43)OC3C(F)CCC(C1=O)C32. The van der Waals surface area contributed by atoms with Crippen LogP contribution in [0.5, 0.6) is 0 Å². The van der Waals surface area contributed by atoms with E-state index in [2.05, 4.69) is 4.90 Å². The van der Waals surface area contributed by atoms with Gasteiger partial charge >= 0.3 is 5.97 Å². The lowest BCUT2D eigenvalue weighted by molar-refractivity contribution is -0.216. The first-order chi connectivity index (χ1) is 13.6. The zero-order chi connectivity index (χ0) is 19.4. The minimum Gasteiger partial charge on any atom is -0.462 e. The van der Waals surface area contributed by atoms with Crippen LogP contribution < -0.4 is 0 Å². The van der Waals surface area contributed by atoms with Crippen molar-refractivity contribution in [3.05, 3.63) is 11.8 Å². The summed E-state index contributed by atoms with van der Waals surface area (Å²) < 4.78 is 26.4. The van der Waals surface area contributed by atoms with Crippen LogP contribution in [-0.2, 0) is 19.1 Å². The Hall–Kier alpha value is -1.43. The van der Waals surface area contributed by atoms with Gasteiger partial charge in [0, 0.05) is 12.1 Å². The number of ketones is 1. The predicted octanol–water partition coefficient (Wildman–Crippen LogP) is 3.17. The molecule has 3 saturated carbocycles. The third kappa shape index (κ3) is 2.74. The third-order valence-corrected chi connectivity index (χ3v) is 7.86. The molecule has 4 fully saturated rings. The number of morpholine rings is 1. The number of carbonyl (C=O) groups is 2. The Morgan fingerprint density at radius 3 is 2.82 bits per heavy atom. The summed E-state index contributed by atoms with van der Waals surface area (Å²) in [5.41, 5.74) is 0.151. The molecule has 6 heteroatoms. The van der Waals surface area contributed by atoms with Gasteiger partial charge < -0.3 is 14.4 Å². The molecule has 0 N–H and O–H groups in total. The van der Waals surface area contributed by atoms with E-state index in [0.29, 0.717) is 24.7 Å². The number of nitrogens with zero attached hydrogens (tertiary/aromatic N) is 1. The average molecular weight is 391 g/mol. The van der Waals surface area contributed by atoms with Crippen molar-refractivity contribution in [1.29, 1.82) is 0 Å². The second kappa shape index (κ2) is 7.12. The van der Waals surface area contributed by atoms with E-state index in [9.17, 15) is 14.0 Å². The van der Waals surface area contributed by atoms with Gasteiger partial charge in [-0.15, -0.1) is 0 Å². The summed E-state index contributed by atoms with van der Waals surface area (Å²) in [6, 6.07) is -0.137. The number of fused-ring (bicyclic) bond motifs is 4. The van der Waals surface area contributed by atoms with Crippen LogP contribution in [0.2, 0.25) is 0 Å². The summed E-state index contributed by atoms with van der Waals surface area (Å²) in [4.78, 5) is 27.8. The van der Waals surface area contributed by atoms with Crippen LogP contribution in [0.15, 0.2) is 11.8 Å². The summed E-state index contributed by atoms with van der Waals surface area (Å²) in [7, 11) is 0. The molecule has 0 amide bonds. The molecule has 2 heterocycles. The van der Waals surface area contributed by atoms with Gasteiger partial charge in [0.15, 0.2) is 5.78 Å². The van der Waals surface area contributed by atoms with Crippen LogP contribution in [0.4, 0.5) is 4.39 Å². The van der Waals surface area contributed by atoms with Crippen LogP contribution in [0.25, 0.3) is 0 Å². The molecule has 0 aromatic heterocycles. The molecule has 5 rings (SSSR count). The van der Waals surface area contributed by atoms with E-state index >= 15 is 0 Å². The fraction of sp³-hybridized carbons (Fsp3) is 0.818. The van der Waals surface area contributed by atoms with Crippen molar-refractivity contribution in [2.45, 2.75) is 88.8 Å². The number of hydrogen-bond donors (Lipinski definition) is 0. The number of alkyl halides is 1. The molecule has 1 saturated heterocycles. The molecule has 3 aliphatic carbocycles. The molecule has 8 atom stereocenters. The van der Waals surface area contributed by atoms with Crippen molar-refractivity contribution in [2.24, 2.45) is 17.8 Å². The molecule has 154 valence electrons. The summed E-state index contributed by atoms with van der Waals surface area (Å²) in [5.74, 6) is 0.0855. The van der Waals surface area contributed by atoms with Crippen molar-refractivity contribution in [2.75, 3.05) is 6.61 Å². The molecule has 0 aromatic carbocycles. The summed E-state index contributed by atoms with van der Waals surface area (Å²) >= 11 is 0. The standard InChI is InChI=1S/C22H30FNO4/c1-2-27-22(26)15-11-24-18-13-6-4-3-5-12(13)7-10-17(18)28-21-16(23)9-8-14(19(21)24)20(15)25/h11-14,16-19,21H,2-10H2,1H3. The molecule has 28 heavy (non-hydrogen) atoms. The maximum Gasteiger partial charge on any atom is 0.343 e. The van der Waals surface area contributed by atoms with Crippen LogP contribution in [-0.4, -0.2) is 53.7 Å². The van der Waals surface area contributed by atoms with E-state index in [1.54, 1.807) is 13.1 Å². The Balaban J connectivity index is 1.56. The lowest BCUT2D eigenvalue weighted by Crippen LogP contribution is -2.70. The number of hydrogen-bond acceptors (Lipinski definition) is 5. The van der Waals surface area contributed by atoms with E-state index in [1.165, 1.54) is 19.3 Å². The highest BCUT2D eigenvalue weighted by Gasteiger charge is 2.58. The van der Waals surface area contributed by atoms with Crippen molar-refractivity contribution in [3.63, 3.8) is 0 Å². The van der Waals surface area contributed by atoms with E-state index in [-0.39, 0.29) is 42.1 Å². The largest absolute Gasteiger partial charge is 0.462 e. The van der Waals surface area contributed by atoms with Crippen molar-refractivity contribution in [1.82, 2.24) is 4.90 Å². The van der Waals surface area contributed by atoms with Crippen molar-refractivity contribution >= 4 is 11.8 Å². The first-order valence-electron chi connectivity index (χ1n) is 11.1. The maximum atomic E-state index is 14.8. The monoisotopic (exact) mass is 391 g/mol. The quantitative estimate of drug-likeness (QED) is 0.535. The van der Waals surface area contributed by atoms with Gasteiger partial charge in [0.05, 0.1) is 24.8 Å². The minimum atomic E-state index is -1.04. The summed E-state index contributed by atoms with van der Waals surface area (Å²) in [6.07, 6.45) is 7.90. The number of Topliss-reactive ketones (excluding diaryl/α,β-unsaturated/α-hetero) is 1. The highest BCUT2D eigenvalue weighted by Crippen LogP contribution is 2.51. The van der Waals surface area contributed by atoms with Crippen LogP contribution in [0.1, 0.15) is 58.3 Å². The van der Waals surface area contributed by atoms with Gasteiger partial charge in [0.2, 0.25) is 0 Å². The topological polar surface area (TPSA) is 55.8 Å². The molecule has 0 radical (unpaired) electrons. The molecule has 8 unspecified atom stereocenters. The Kier molecular flexibility index (Phi) is 4.73. The van der Waals surface area contributed by atoms with E-state index in [4.69, 9.17) is 9.47 Å². The molecule has 0 aromatic rings. The highest BCUT2D eigenvalue weighted by atomic mass is 19.1. The van der Waals surface area contributed by atoms with Gasteiger partial charge in [0.1, 0.15) is 17.8 Å². The molecule has 0 spiro atoms. The third-order valence-electron chi connectivity index (χ3n) is 7.86. The molecular formula is C22H30FNO4. The average Bonchev–Trinajstić information content (AvgIpc) is 2.71. The van der Waals surface area contributed by atoms with E-state index in [1.807, 2.05) is 0 Å². The molecule has 2 aliphatic heterocycles. The van der Waals surface area contributed by atoms with E-state index < -0.39 is 18.2 Å². The van der Waals surface area contributed by atoms with Gasteiger partial charge in [-0.1, -0.05) is 19.3 Å². The Morgan fingerprint density at radius 2 is 2.00 bits per heavy atom. The number of esters is 1. The number of ether oxygens (including phenoxy) is 2. The van der Waals surface area contributed by atoms with Gasteiger partial charge in [-0.2, -0.15) is 0 Å². The van der Waals surface area contributed by atoms with Gasteiger partial charge in [-0.3, -0.25) is 4.79 Å². The van der Waals surface area contributed by atoms with E-state index in [0.717, 1.165) is 19.3 Å². The first-order valence-corrected chi connectivity index (χ1v) is 11.1. The van der Waals surface area contributed by atoms with Crippen molar-refractivity contribution in [3.8, 4) is 0 Å². The smallest absolute Gasteiger partial charge is 0.343 e. The van der Waals surface area contributed by atoms with Crippen LogP contribution in [0, 0.1) is 17.8 Å². The summed E-state index contributed by atoms with van der Waals surface area (Å²) in [6.45, 7) is 1.99. The van der Waals surface area contributed by atoms with Gasteiger partial charge in [0.25, 0.3) is 0 Å². The highest BCUT2D eigenvalue weighted by molar-refractivity contribution is 6.18. The molecule has 5 nitrogen and oxygen atoms in total. The van der Waals surface area contributed by atoms with Crippen LogP contribution in [0.3, 0.4) is 0 Å². The van der Waals surface area contributed by atoms with Gasteiger partial charge in [-0.25, -0.2) is 9.18 Å². The fourth-order valence-electron chi connectivity index (χ4n) is 6.72. The molecular weight excluding hydrogens is 361 g/mol. The Labute approximate surface area is 165 Å². The number of rotatable bonds is 2. The lowest BCUT2D eigenvalue weighted by atomic mass is 9.64. The molecule has 5 aliphatic rings. The number of carbonyl (C=O) groups excluding carboxylic acids is 2. The second-order valence-corrected chi connectivity index (χ2v) is 9.18. The zero-order valence-corrected chi connectivity index (χ0v) is 16.5. The number of halogens is 1. The molecule has 0 bridgehead atoms. The normalized spacial score (nSPS) is 44.7. The summed E-state index contributed by atoms with van der Waals surface area (Å²) in [5, 5.41) is 0. The lowest BCUT2D eigenvalue weighted by Gasteiger charge is -2.60. The Morgan fingerprint density at radius 1 is 1.18 bits per heavy atom. The van der Waals surface area contributed by atoms with Crippen LogP contribution >= 0.6 is 0 Å². The maximum absolute atomic E-state index is 14.8. The zero-order valence-electron chi connectivity index (χ0n) is 16.5. The first kappa shape index (κ1) is 18.6. The van der Waals surface area contributed by atoms with Crippen molar-refractivity contribution < 1.29 is 23.5 Å². The fourth-order valence-corrected chi connectivity index (χ4v) is 6.72. The minimum absolute atomic E-state index is 0.00880. The van der Waals surface area contributed by atoms with Gasteiger partial charge in [-0.05, 0) is 50.9 Å². The predicted molar refractivity (Wildman–Crippen MR) is 100 cm³/mol.